The quantitative estimate of drug-likeness (QED) is 0.0801. The van der Waals surface area contributed by atoms with Crippen molar-refractivity contribution in [1.29, 1.82) is 0 Å². The summed E-state index contributed by atoms with van der Waals surface area (Å²) in [5, 5.41) is 79.8. The maximum Gasteiger partial charge on any atom is 0.331 e. The van der Waals surface area contributed by atoms with Gasteiger partial charge in [-0.25, -0.2) is 4.79 Å². The molecular weight excluding hydrogens is 584 g/mol. The summed E-state index contributed by atoms with van der Waals surface area (Å²) in [5.74, 6) is -4.25. The monoisotopic (exact) mass is 610 g/mol. The van der Waals surface area contributed by atoms with Crippen LogP contribution in [0.2, 0.25) is 0 Å². The Morgan fingerprint density at radius 1 is 0.932 bits per heavy atom. The molecule has 5 atom stereocenters. The van der Waals surface area contributed by atoms with Crippen LogP contribution in [0.25, 0.3) is 28.4 Å². The van der Waals surface area contributed by atoms with Crippen LogP contribution in [-0.4, -0.2) is 84.1 Å². The first-order chi connectivity index (χ1) is 21.0. The second-order valence-corrected chi connectivity index (χ2v) is 9.78. The van der Waals surface area contributed by atoms with E-state index in [2.05, 4.69) is 0 Å². The lowest BCUT2D eigenvalue weighted by Crippen LogP contribution is -2.42. The predicted molar refractivity (Wildman–Crippen MR) is 150 cm³/mol. The van der Waals surface area contributed by atoms with Crippen molar-refractivity contribution < 1.29 is 64.3 Å². The number of ether oxygens (including phenoxy) is 3. The highest BCUT2D eigenvalue weighted by molar-refractivity contribution is 5.89. The van der Waals surface area contributed by atoms with E-state index in [1.165, 1.54) is 36.4 Å². The minimum atomic E-state index is -1.80. The number of aliphatic hydroxyl groups excluding tert-OH is 3. The number of aliphatic hydroxyl groups is 3. The average Bonchev–Trinajstić information content (AvgIpc) is 3.28. The maximum absolute atomic E-state index is 13.7. The minimum Gasteiger partial charge on any atom is -0.508 e. The molecule has 0 saturated carbocycles. The molecule has 0 unspecified atom stereocenters. The zero-order valence-electron chi connectivity index (χ0n) is 22.5. The van der Waals surface area contributed by atoms with Gasteiger partial charge in [0.1, 0.15) is 46.5 Å². The van der Waals surface area contributed by atoms with Crippen LogP contribution in [0, 0.1) is 0 Å². The first-order valence-electron chi connectivity index (χ1n) is 13.0. The second-order valence-electron chi connectivity index (χ2n) is 9.78. The summed E-state index contributed by atoms with van der Waals surface area (Å²) in [6.07, 6.45) is -6.12. The molecule has 4 aromatic rings. The van der Waals surface area contributed by atoms with Crippen LogP contribution in [-0.2, 0) is 14.3 Å². The van der Waals surface area contributed by atoms with E-state index in [9.17, 15) is 50.4 Å². The Morgan fingerprint density at radius 3 is 2.34 bits per heavy atom. The largest absolute Gasteiger partial charge is 0.508 e. The fraction of sp³-hybridized carbons (Fsp3) is 0.200. The molecule has 3 aromatic carbocycles. The van der Waals surface area contributed by atoms with Crippen LogP contribution in [0.4, 0.5) is 0 Å². The first kappa shape index (κ1) is 30.2. The van der Waals surface area contributed by atoms with E-state index in [-0.39, 0.29) is 22.7 Å². The Bertz CT molecular complexity index is 1780. The Morgan fingerprint density at radius 2 is 1.66 bits per heavy atom. The number of fused-ring (bicyclic) bond motifs is 1. The van der Waals surface area contributed by atoms with Gasteiger partial charge in [-0.3, -0.25) is 4.79 Å². The van der Waals surface area contributed by atoms with Gasteiger partial charge in [-0.05, 0) is 42.0 Å². The highest BCUT2D eigenvalue weighted by Gasteiger charge is 2.51. The van der Waals surface area contributed by atoms with Gasteiger partial charge in [0.05, 0.1) is 6.61 Å². The third kappa shape index (κ3) is 5.95. The van der Waals surface area contributed by atoms with Crippen LogP contribution < -0.4 is 10.2 Å². The van der Waals surface area contributed by atoms with E-state index in [1.807, 2.05) is 0 Å². The highest BCUT2D eigenvalue weighted by Crippen LogP contribution is 2.40. The van der Waals surface area contributed by atoms with E-state index in [0.29, 0.717) is 5.56 Å². The van der Waals surface area contributed by atoms with Crippen molar-refractivity contribution >= 4 is 23.0 Å². The zero-order valence-corrected chi connectivity index (χ0v) is 22.5. The molecule has 14 nitrogen and oxygen atoms in total. The molecule has 2 heterocycles. The second kappa shape index (κ2) is 12.1. The molecule has 5 rings (SSSR count). The fourth-order valence-electron chi connectivity index (χ4n) is 4.57. The number of hydrogen-bond donors (Lipinski definition) is 8. The van der Waals surface area contributed by atoms with Crippen molar-refractivity contribution in [3.8, 4) is 45.8 Å². The van der Waals surface area contributed by atoms with E-state index in [4.69, 9.17) is 18.6 Å². The molecule has 0 spiro atoms. The molecule has 14 heteroatoms. The number of carbonyl (C=O) groups excluding carboxylic acids is 1. The van der Waals surface area contributed by atoms with Gasteiger partial charge in [-0.1, -0.05) is 12.1 Å². The standard InChI is InChI=1S/C30H26O14/c31-12-20(37)27-25(40)29(42-22(38)8-3-13-1-5-15(32)6-2-13)30(43-27)44-28-24(39)23-19(36)10-16(33)11-21(23)41-26(28)14-4-7-17(34)18(35)9-14/h1-11,20,25,27,29-37,40H,12H2/b8-3+/t20-,25+,27-,29-,30+/m1/s1. The average molecular weight is 611 g/mol. The fourth-order valence-corrected chi connectivity index (χ4v) is 4.57. The van der Waals surface area contributed by atoms with Gasteiger partial charge >= 0.3 is 5.97 Å². The number of aromatic hydroxyl groups is 5. The summed E-state index contributed by atoms with van der Waals surface area (Å²) in [7, 11) is 0. The molecular formula is C30H26O14. The molecule has 1 aliphatic heterocycles. The van der Waals surface area contributed by atoms with E-state index >= 15 is 0 Å². The van der Waals surface area contributed by atoms with Gasteiger partial charge in [-0.2, -0.15) is 0 Å². The molecule has 1 aromatic heterocycles. The smallest absolute Gasteiger partial charge is 0.331 e. The molecule has 0 radical (unpaired) electrons. The lowest BCUT2D eigenvalue weighted by atomic mass is 10.1. The maximum atomic E-state index is 13.7. The van der Waals surface area contributed by atoms with E-state index in [1.54, 1.807) is 0 Å². The number of hydrogen-bond acceptors (Lipinski definition) is 14. The van der Waals surface area contributed by atoms with Gasteiger partial charge in [-0.15, -0.1) is 0 Å². The molecule has 8 N–H and O–H groups in total. The van der Waals surface area contributed by atoms with Gasteiger partial charge in [0, 0.05) is 23.8 Å². The molecule has 230 valence electrons. The minimum absolute atomic E-state index is 0.00889. The van der Waals surface area contributed by atoms with Crippen molar-refractivity contribution in [2.75, 3.05) is 6.61 Å². The number of esters is 1. The summed E-state index contributed by atoms with van der Waals surface area (Å²) >= 11 is 0. The van der Waals surface area contributed by atoms with Crippen LogP contribution in [0.3, 0.4) is 0 Å². The van der Waals surface area contributed by atoms with Crippen LogP contribution in [0.15, 0.2) is 69.9 Å². The van der Waals surface area contributed by atoms with Crippen molar-refractivity contribution in [1.82, 2.24) is 0 Å². The topological polar surface area (TPSA) is 237 Å². The number of phenolic OH excluding ortho intramolecular Hbond substituents is 5. The summed E-state index contributed by atoms with van der Waals surface area (Å²) in [5.41, 5.74) is -0.794. The lowest BCUT2D eigenvalue weighted by molar-refractivity contribution is -0.164. The lowest BCUT2D eigenvalue weighted by Gasteiger charge is -2.22. The molecule has 44 heavy (non-hydrogen) atoms. The molecule has 0 aliphatic carbocycles. The molecule has 1 saturated heterocycles. The van der Waals surface area contributed by atoms with Crippen molar-refractivity contribution in [2.24, 2.45) is 0 Å². The zero-order chi connectivity index (χ0) is 31.7. The number of benzene rings is 3. The summed E-state index contributed by atoms with van der Waals surface area (Å²) in [6, 6.07) is 11.1. The molecule has 1 aliphatic rings. The molecule has 0 bridgehead atoms. The van der Waals surface area contributed by atoms with E-state index < -0.39 is 82.8 Å². The number of phenols is 5. The first-order valence-corrected chi connectivity index (χ1v) is 13.0. The Balaban J connectivity index is 1.56. The Hall–Kier alpha value is -5.28. The predicted octanol–water partition coefficient (Wildman–Crippen LogP) is 1.43. The van der Waals surface area contributed by atoms with Crippen molar-refractivity contribution in [3.05, 3.63) is 76.5 Å². The van der Waals surface area contributed by atoms with Gasteiger partial charge in [0.2, 0.25) is 17.5 Å². The summed E-state index contributed by atoms with van der Waals surface area (Å²) < 4.78 is 22.5. The van der Waals surface area contributed by atoms with E-state index in [0.717, 1.165) is 30.3 Å². The SMILES string of the molecule is O=C(/C=C/c1ccc(O)cc1)O[C@H]1[C@H](Oc2c(-c3ccc(O)c(O)c3)oc3cc(O)cc(O)c3c2=O)O[C@H]([C@H](O)CO)[C@@H]1O. The third-order valence-electron chi connectivity index (χ3n) is 6.75. The number of rotatable bonds is 8. The molecule has 1 fully saturated rings. The normalized spacial score (nSPS) is 20.6. The molecule has 0 amide bonds. The Kier molecular flexibility index (Phi) is 8.33. The van der Waals surface area contributed by atoms with Crippen molar-refractivity contribution in [2.45, 2.75) is 30.7 Å². The Labute approximate surface area is 247 Å². The van der Waals surface area contributed by atoms with Crippen LogP contribution >= 0.6 is 0 Å². The van der Waals surface area contributed by atoms with Gasteiger partial charge in [0.25, 0.3) is 0 Å². The van der Waals surface area contributed by atoms with Crippen LogP contribution in [0.5, 0.6) is 34.5 Å². The van der Waals surface area contributed by atoms with Crippen molar-refractivity contribution in [3.63, 3.8) is 0 Å². The highest BCUT2D eigenvalue weighted by atomic mass is 16.7. The summed E-state index contributed by atoms with van der Waals surface area (Å²) in [6.45, 7) is -0.858. The number of carbonyl (C=O) groups is 1. The van der Waals surface area contributed by atoms with Gasteiger partial charge in [0.15, 0.2) is 23.4 Å². The van der Waals surface area contributed by atoms with Crippen LogP contribution in [0.1, 0.15) is 5.56 Å². The summed E-state index contributed by atoms with van der Waals surface area (Å²) in [4.78, 5) is 26.4. The van der Waals surface area contributed by atoms with Gasteiger partial charge < -0.3 is 59.5 Å². The third-order valence-corrected chi connectivity index (χ3v) is 6.75.